The zero-order chi connectivity index (χ0) is 47.7. The number of rotatable bonds is 52. The van der Waals surface area contributed by atoms with Crippen molar-refractivity contribution in [3.05, 3.63) is 0 Å². The Hall–Kier alpha value is -1.59. The second-order valence-corrected chi connectivity index (χ2v) is 21.5. The molecular weight excluding hydrogens is 805 g/mol. The molecule has 0 aliphatic carbocycles. The summed E-state index contributed by atoms with van der Waals surface area (Å²) in [6.45, 7) is 13.8. The maximum Gasteiger partial charge on any atom is 0.306 e. The van der Waals surface area contributed by atoms with Gasteiger partial charge >= 0.3 is 17.9 Å². The summed E-state index contributed by atoms with van der Waals surface area (Å²) in [5, 5.41) is 0. The van der Waals surface area contributed by atoms with Gasteiger partial charge in [-0.3, -0.25) is 14.4 Å². The lowest BCUT2D eigenvalue weighted by Gasteiger charge is -2.18. The highest BCUT2D eigenvalue weighted by Gasteiger charge is 2.19. The van der Waals surface area contributed by atoms with E-state index in [4.69, 9.17) is 14.2 Å². The van der Waals surface area contributed by atoms with Crippen LogP contribution >= 0.6 is 0 Å². The van der Waals surface area contributed by atoms with Crippen LogP contribution in [0.5, 0.6) is 0 Å². The fourth-order valence-electron chi connectivity index (χ4n) is 8.97. The molecule has 0 amide bonds. The molecular formula is C59H114O6. The topological polar surface area (TPSA) is 78.9 Å². The van der Waals surface area contributed by atoms with Gasteiger partial charge in [-0.2, -0.15) is 0 Å². The van der Waals surface area contributed by atoms with Gasteiger partial charge in [0.2, 0.25) is 0 Å². The van der Waals surface area contributed by atoms with Crippen molar-refractivity contribution >= 4 is 17.9 Å². The molecule has 2 atom stereocenters. The van der Waals surface area contributed by atoms with Crippen LogP contribution in [0.25, 0.3) is 0 Å². The Balaban J connectivity index is 4.27. The summed E-state index contributed by atoms with van der Waals surface area (Å²) in [5.74, 6) is 1.69. The Morgan fingerprint density at radius 3 is 0.800 bits per heavy atom. The average molecular weight is 920 g/mol. The molecule has 0 radical (unpaired) electrons. The molecule has 1 unspecified atom stereocenters. The van der Waals surface area contributed by atoms with E-state index < -0.39 is 6.10 Å². The molecule has 6 heteroatoms. The van der Waals surface area contributed by atoms with E-state index in [1.807, 2.05) is 0 Å². The molecule has 65 heavy (non-hydrogen) atoms. The minimum atomic E-state index is -0.764. The van der Waals surface area contributed by atoms with Crippen LogP contribution in [-0.2, 0) is 28.6 Å². The number of carbonyl (C=O) groups excluding carboxylic acids is 3. The molecule has 0 aromatic rings. The predicted molar refractivity (Wildman–Crippen MR) is 279 cm³/mol. The van der Waals surface area contributed by atoms with Crippen LogP contribution in [0.4, 0.5) is 0 Å². The SMILES string of the molecule is CCC(C)CCCCCCCCCCCCCCCCC(=O)O[C@@H](COC(=O)CCCCCCCCCCCCCCCCCC(C)C)COC(=O)CCCCCCCCCCC(C)C. The summed E-state index contributed by atoms with van der Waals surface area (Å²) in [6, 6.07) is 0. The summed E-state index contributed by atoms with van der Waals surface area (Å²) in [5.41, 5.74) is 0. The first-order valence-electron chi connectivity index (χ1n) is 29.1. The summed E-state index contributed by atoms with van der Waals surface area (Å²) < 4.78 is 16.9. The quantitative estimate of drug-likeness (QED) is 0.0344. The highest BCUT2D eigenvalue weighted by atomic mass is 16.6. The zero-order valence-corrected chi connectivity index (χ0v) is 44.8. The van der Waals surface area contributed by atoms with Gasteiger partial charge in [-0.15, -0.1) is 0 Å². The Bertz CT molecular complexity index is 1010. The smallest absolute Gasteiger partial charge is 0.306 e. The summed E-state index contributed by atoms with van der Waals surface area (Å²) >= 11 is 0. The van der Waals surface area contributed by atoms with Gasteiger partial charge in [0.05, 0.1) is 0 Å². The van der Waals surface area contributed by atoms with E-state index in [9.17, 15) is 14.4 Å². The van der Waals surface area contributed by atoms with Gasteiger partial charge < -0.3 is 14.2 Å². The zero-order valence-electron chi connectivity index (χ0n) is 44.8. The van der Waals surface area contributed by atoms with E-state index in [0.717, 1.165) is 75.5 Å². The van der Waals surface area contributed by atoms with Crippen LogP contribution in [0.3, 0.4) is 0 Å². The molecule has 0 spiro atoms. The van der Waals surface area contributed by atoms with E-state index in [1.54, 1.807) is 0 Å². The van der Waals surface area contributed by atoms with E-state index in [1.165, 1.54) is 205 Å². The summed E-state index contributed by atoms with van der Waals surface area (Å²) in [7, 11) is 0. The molecule has 0 aromatic heterocycles. The third kappa shape index (κ3) is 51.6. The van der Waals surface area contributed by atoms with Crippen molar-refractivity contribution < 1.29 is 28.6 Å². The second-order valence-electron chi connectivity index (χ2n) is 21.5. The number of ether oxygens (including phenoxy) is 3. The van der Waals surface area contributed by atoms with Crippen LogP contribution in [0.2, 0.25) is 0 Å². The van der Waals surface area contributed by atoms with Gasteiger partial charge in [0, 0.05) is 19.3 Å². The van der Waals surface area contributed by atoms with Gasteiger partial charge in [-0.25, -0.2) is 0 Å². The van der Waals surface area contributed by atoms with Crippen molar-refractivity contribution in [2.45, 2.75) is 330 Å². The van der Waals surface area contributed by atoms with E-state index in [2.05, 4.69) is 41.5 Å². The molecule has 0 saturated carbocycles. The number of esters is 3. The van der Waals surface area contributed by atoms with Crippen LogP contribution in [0.1, 0.15) is 324 Å². The first-order chi connectivity index (χ1) is 31.6. The van der Waals surface area contributed by atoms with Crippen molar-refractivity contribution in [1.82, 2.24) is 0 Å². The maximum absolute atomic E-state index is 12.9. The van der Waals surface area contributed by atoms with Crippen LogP contribution < -0.4 is 0 Å². The third-order valence-corrected chi connectivity index (χ3v) is 13.8. The van der Waals surface area contributed by atoms with E-state index >= 15 is 0 Å². The van der Waals surface area contributed by atoms with Crippen LogP contribution in [-0.4, -0.2) is 37.2 Å². The molecule has 0 aliphatic heterocycles. The standard InChI is InChI=1S/C59H114O6/c1-7-55(6)47-41-35-29-22-18-14-11-12-16-20-24-32-38-44-50-59(62)65-56(52-64-58(61)49-43-37-31-26-25-28-34-40-46-54(4)5)51-63-57(60)48-42-36-30-23-19-15-10-8-9-13-17-21-27-33-39-45-53(2)3/h53-56H,7-52H2,1-6H3/t55?,56-/m0/s1. The first-order valence-corrected chi connectivity index (χ1v) is 29.1. The fourth-order valence-corrected chi connectivity index (χ4v) is 8.97. The summed E-state index contributed by atoms with van der Waals surface area (Å²) in [4.78, 5) is 38.1. The molecule has 0 saturated heterocycles. The van der Waals surface area contributed by atoms with Crippen molar-refractivity contribution in [3.63, 3.8) is 0 Å². The van der Waals surface area contributed by atoms with E-state index in [-0.39, 0.29) is 31.1 Å². The molecule has 0 aromatic carbocycles. The van der Waals surface area contributed by atoms with Gasteiger partial charge in [0.1, 0.15) is 13.2 Å². The average Bonchev–Trinajstić information content (AvgIpc) is 3.28. The van der Waals surface area contributed by atoms with Crippen molar-refractivity contribution in [1.29, 1.82) is 0 Å². The minimum absolute atomic E-state index is 0.0638. The monoisotopic (exact) mass is 919 g/mol. The van der Waals surface area contributed by atoms with Gasteiger partial charge in [-0.1, -0.05) is 286 Å². The maximum atomic E-state index is 12.9. The molecule has 0 aliphatic rings. The predicted octanol–water partition coefficient (Wildman–Crippen LogP) is 19.1. The normalized spacial score (nSPS) is 12.6. The molecule has 0 N–H and O–H groups in total. The molecule has 0 fully saturated rings. The highest BCUT2D eigenvalue weighted by Crippen LogP contribution is 2.19. The first kappa shape index (κ1) is 63.4. The highest BCUT2D eigenvalue weighted by molar-refractivity contribution is 5.71. The van der Waals surface area contributed by atoms with Gasteiger partial charge in [0.15, 0.2) is 6.10 Å². The molecule has 0 rings (SSSR count). The number of carbonyl (C=O) groups is 3. The largest absolute Gasteiger partial charge is 0.462 e. The number of hydrogen-bond acceptors (Lipinski definition) is 6. The second kappa shape index (κ2) is 50.3. The Morgan fingerprint density at radius 2 is 0.538 bits per heavy atom. The van der Waals surface area contributed by atoms with Crippen LogP contribution in [0.15, 0.2) is 0 Å². The Kier molecular flexibility index (Phi) is 49.1. The summed E-state index contributed by atoms with van der Waals surface area (Å²) in [6.07, 6.45) is 52.4. The lowest BCUT2D eigenvalue weighted by molar-refractivity contribution is -0.167. The number of unbranched alkanes of at least 4 members (excludes halogenated alkanes) is 34. The van der Waals surface area contributed by atoms with Gasteiger partial charge in [-0.05, 0) is 37.0 Å². The van der Waals surface area contributed by atoms with Crippen molar-refractivity contribution in [2.24, 2.45) is 17.8 Å². The Morgan fingerprint density at radius 1 is 0.308 bits per heavy atom. The Labute approximate surface area is 406 Å². The molecule has 0 bridgehead atoms. The van der Waals surface area contributed by atoms with Gasteiger partial charge in [0.25, 0.3) is 0 Å². The molecule has 6 nitrogen and oxygen atoms in total. The number of hydrogen-bond donors (Lipinski definition) is 0. The molecule has 0 heterocycles. The van der Waals surface area contributed by atoms with Crippen LogP contribution in [0, 0.1) is 17.8 Å². The fraction of sp³-hybridized carbons (Fsp3) is 0.949. The lowest BCUT2D eigenvalue weighted by Crippen LogP contribution is -2.30. The third-order valence-electron chi connectivity index (χ3n) is 13.8. The van der Waals surface area contributed by atoms with Crippen molar-refractivity contribution in [2.75, 3.05) is 13.2 Å². The lowest BCUT2D eigenvalue weighted by atomic mass is 9.99. The van der Waals surface area contributed by atoms with Crippen molar-refractivity contribution in [3.8, 4) is 0 Å². The molecule has 386 valence electrons. The van der Waals surface area contributed by atoms with E-state index in [0.29, 0.717) is 19.3 Å². The minimum Gasteiger partial charge on any atom is -0.462 e.